The third kappa shape index (κ3) is 0.901. The minimum Gasteiger partial charge on any atom is -0.274 e. The van der Waals surface area contributed by atoms with Gasteiger partial charge in [0.1, 0.15) is 0 Å². The molecule has 1 heterocycles. The van der Waals surface area contributed by atoms with E-state index >= 15 is 0 Å². The highest BCUT2D eigenvalue weighted by Crippen LogP contribution is 2.18. The minimum absolute atomic E-state index is 0.396. The second kappa shape index (κ2) is 1.95. The van der Waals surface area contributed by atoms with E-state index in [1.807, 2.05) is 4.72 Å². The van der Waals surface area contributed by atoms with Crippen LogP contribution in [0.5, 0.6) is 0 Å². The molecular formula is C5H9NO3S. The molecular weight excluding hydrogens is 154 g/mol. The number of amides is 1. The number of hydrogen-bond donors (Lipinski definition) is 1. The molecule has 0 aromatic heterocycles. The van der Waals surface area contributed by atoms with Crippen LogP contribution in [0.3, 0.4) is 0 Å². The maximum atomic E-state index is 10.9. The second-order valence-electron chi connectivity index (χ2n) is 2.51. The van der Waals surface area contributed by atoms with Crippen molar-refractivity contribution in [1.82, 2.24) is 4.72 Å². The molecule has 2 atom stereocenters. The standard InChI is InChI=1S/C5H9NO3S/c1-3-4(2)10(8,9)6-5(3)7/h3-4H,1-2H3,(H,6,7)/t3-,4+/m1/s1. The second-order valence-corrected chi connectivity index (χ2v) is 4.54. The van der Waals surface area contributed by atoms with E-state index in [4.69, 9.17) is 0 Å². The van der Waals surface area contributed by atoms with Gasteiger partial charge >= 0.3 is 0 Å². The van der Waals surface area contributed by atoms with Gasteiger partial charge < -0.3 is 0 Å². The topological polar surface area (TPSA) is 63.2 Å². The molecule has 1 N–H and O–H groups in total. The smallest absolute Gasteiger partial charge is 0.238 e. The summed E-state index contributed by atoms with van der Waals surface area (Å²) in [7, 11) is -3.32. The van der Waals surface area contributed by atoms with Gasteiger partial charge in [0.15, 0.2) is 0 Å². The van der Waals surface area contributed by atoms with Crippen molar-refractivity contribution < 1.29 is 13.2 Å². The first kappa shape index (κ1) is 7.53. The lowest BCUT2D eigenvalue weighted by atomic mass is 10.1. The number of hydrogen-bond acceptors (Lipinski definition) is 3. The van der Waals surface area contributed by atoms with Crippen LogP contribution in [0.4, 0.5) is 0 Å². The Bertz CT molecular complexity index is 256. The SMILES string of the molecule is C[C@H]1C(=O)NS(=O)(=O)[C@H]1C. The fourth-order valence-corrected chi connectivity index (χ4v) is 2.12. The summed E-state index contributed by atoms with van der Waals surface area (Å²) in [4.78, 5) is 10.7. The molecule has 0 aliphatic carbocycles. The number of nitrogens with one attached hydrogen (secondary N) is 1. The largest absolute Gasteiger partial charge is 0.274 e. The highest BCUT2D eigenvalue weighted by atomic mass is 32.2. The van der Waals surface area contributed by atoms with Crippen LogP contribution in [0, 0.1) is 5.92 Å². The van der Waals surface area contributed by atoms with Crippen LogP contribution in [-0.2, 0) is 14.8 Å². The molecule has 1 aliphatic heterocycles. The van der Waals surface area contributed by atoms with E-state index in [1.165, 1.54) is 6.92 Å². The molecule has 1 aliphatic rings. The molecule has 10 heavy (non-hydrogen) atoms. The van der Waals surface area contributed by atoms with Gasteiger partial charge in [-0.25, -0.2) is 8.42 Å². The first-order chi connectivity index (χ1) is 4.45. The molecule has 0 bridgehead atoms. The summed E-state index contributed by atoms with van der Waals surface area (Å²) >= 11 is 0. The van der Waals surface area contributed by atoms with Crippen LogP contribution < -0.4 is 4.72 Å². The molecule has 0 spiro atoms. The Morgan fingerprint density at radius 1 is 1.40 bits per heavy atom. The Hall–Kier alpha value is -0.580. The fourth-order valence-electron chi connectivity index (χ4n) is 0.808. The molecule has 0 radical (unpaired) electrons. The molecule has 0 saturated carbocycles. The van der Waals surface area contributed by atoms with E-state index in [0.29, 0.717) is 0 Å². The summed E-state index contributed by atoms with van der Waals surface area (Å²) < 4.78 is 23.6. The Balaban J connectivity index is 3.04. The summed E-state index contributed by atoms with van der Waals surface area (Å²) in [6, 6.07) is 0. The highest BCUT2D eigenvalue weighted by Gasteiger charge is 2.39. The lowest BCUT2D eigenvalue weighted by Crippen LogP contribution is -2.23. The van der Waals surface area contributed by atoms with Crippen molar-refractivity contribution in [2.45, 2.75) is 19.1 Å². The zero-order valence-corrected chi connectivity index (χ0v) is 6.60. The fraction of sp³-hybridized carbons (Fsp3) is 0.800. The van der Waals surface area contributed by atoms with Gasteiger partial charge in [-0.1, -0.05) is 6.92 Å². The average Bonchev–Trinajstić information content (AvgIpc) is 1.95. The van der Waals surface area contributed by atoms with Gasteiger partial charge in [-0.05, 0) is 6.92 Å². The van der Waals surface area contributed by atoms with Crippen molar-refractivity contribution in [1.29, 1.82) is 0 Å². The summed E-state index contributed by atoms with van der Waals surface area (Å²) in [6.45, 7) is 3.13. The maximum Gasteiger partial charge on any atom is 0.238 e. The first-order valence-electron chi connectivity index (χ1n) is 3.00. The normalized spacial score (nSPS) is 37.6. The van der Waals surface area contributed by atoms with Crippen molar-refractivity contribution in [2.24, 2.45) is 5.92 Å². The average molecular weight is 163 g/mol. The molecule has 1 rings (SSSR count). The molecule has 58 valence electrons. The van der Waals surface area contributed by atoms with Gasteiger partial charge in [0.2, 0.25) is 15.9 Å². The summed E-state index contributed by atoms with van der Waals surface area (Å²) in [6.07, 6.45) is 0. The summed E-state index contributed by atoms with van der Waals surface area (Å²) in [5, 5.41) is -0.583. The van der Waals surface area contributed by atoms with Gasteiger partial charge in [-0.15, -0.1) is 0 Å². The van der Waals surface area contributed by atoms with E-state index < -0.39 is 27.1 Å². The van der Waals surface area contributed by atoms with Crippen LogP contribution in [0.2, 0.25) is 0 Å². The lowest BCUT2D eigenvalue weighted by molar-refractivity contribution is -0.121. The van der Waals surface area contributed by atoms with E-state index in [1.54, 1.807) is 6.92 Å². The Kier molecular flexibility index (Phi) is 1.47. The molecule has 0 unspecified atom stereocenters. The maximum absolute atomic E-state index is 10.9. The quantitative estimate of drug-likeness (QED) is 0.522. The monoisotopic (exact) mass is 163 g/mol. The van der Waals surface area contributed by atoms with Crippen molar-refractivity contribution in [3.05, 3.63) is 0 Å². The van der Waals surface area contributed by atoms with Crippen LogP contribution in [0.15, 0.2) is 0 Å². The van der Waals surface area contributed by atoms with E-state index in [-0.39, 0.29) is 0 Å². The van der Waals surface area contributed by atoms with E-state index in [2.05, 4.69) is 0 Å². The number of carbonyl (C=O) groups is 1. The zero-order valence-electron chi connectivity index (χ0n) is 5.79. The predicted molar refractivity (Wildman–Crippen MR) is 35.7 cm³/mol. The first-order valence-corrected chi connectivity index (χ1v) is 4.55. The minimum atomic E-state index is -3.32. The third-order valence-electron chi connectivity index (χ3n) is 1.85. The molecule has 4 nitrogen and oxygen atoms in total. The van der Waals surface area contributed by atoms with Crippen molar-refractivity contribution in [3.8, 4) is 0 Å². The van der Waals surface area contributed by atoms with Gasteiger partial charge in [0.05, 0.1) is 11.2 Å². The highest BCUT2D eigenvalue weighted by molar-refractivity contribution is 7.91. The van der Waals surface area contributed by atoms with Gasteiger partial charge in [-0.3, -0.25) is 9.52 Å². The van der Waals surface area contributed by atoms with Crippen LogP contribution in [0.25, 0.3) is 0 Å². The van der Waals surface area contributed by atoms with Crippen LogP contribution >= 0.6 is 0 Å². The molecule has 0 aromatic rings. The van der Waals surface area contributed by atoms with Gasteiger partial charge in [-0.2, -0.15) is 0 Å². The number of rotatable bonds is 0. The Labute approximate surface area is 59.7 Å². The summed E-state index contributed by atoms with van der Waals surface area (Å²) in [5.41, 5.74) is 0. The number of carbonyl (C=O) groups excluding carboxylic acids is 1. The Morgan fingerprint density at radius 3 is 2.00 bits per heavy atom. The third-order valence-corrected chi connectivity index (χ3v) is 3.72. The molecule has 1 saturated heterocycles. The molecule has 5 heteroatoms. The van der Waals surface area contributed by atoms with Crippen molar-refractivity contribution >= 4 is 15.9 Å². The molecule has 1 fully saturated rings. The Morgan fingerprint density at radius 2 is 1.90 bits per heavy atom. The van der Waals surface area contributed by atoms with E-state index in [9.17, 15) is 13.2 Å². The predicted octanol–water partition coefficient (Wildman–Crippen LogP) is -0.529. The zero-order chi connectivity index (χ0) is 7.94. The molecule has 0 aromatic carbocycles. The number of sulfonamides is 1. The van der Waals surface area contributed by atoms with Gasteiger partial charge in [0.25, 0.3) is 0 Å². The van der Waals surface area contributed by atoms with Crippen LogP contribution in [-0.4, -0.2) is 19.6 Å². The van der Waals surface area contributed by atoms with Crippen molar-refractivity contribution in [2.75, 3.05) is 0 Å². The molecule has 1 amide bonds. The van der Waals surface area contributed by atoms with Gasteiger partial charge in [0, 0.05) is 0 Å². The lowest BCUT2D eigenvalue weighted by Gasteiger charge is -2.00. The van der Waals surface area contributed by atoms with E-state index in [0.717, 1.165) is 0 Å². The van der Waals surface area contributed by atoms with Crippen molar-refractivity contribution in [3.63, 3.8) is 0 Å². The van der Waals surface area contributed by atoms with Crippen LogP contribution in [0.1, 0.15) is 13.8 Å². The summed E-state index contributed by atoms with van der Waals surface area (Å²) in [5.74, 6) is -0.808.